The van der Waals surface area contributed by atoms with Crippen LogP contribution in [-0.4, -0.2) is 19.7 Å². The zero-order chi connectivity index (χ0) is 10.7. The molecule has 0 aromatic carbocycles. The van der Waals surface area contributed by atoms with E-state index in [0.29, 0.717) is 11.6 Å². The fraction of sp³-hybridized carbons (Fsp3) is 0.125. The van der Waals surface area contributed by atoms with Crippen LogP contribution in [0.5, 0.6) is 0 Å². The van der Waals surface area contributed by atoms with Crippen molar-refractivity contribution in [3.8, 4) is 0 Å². The van der Waals surface area contributed by atoms with Gasteiger partial charge < -0.3 is 10.7 Å². The number of nitrogens with zero attached hydrogens (tertiary/aromatic N) is 4. The third kappa shape index (κ3) is 2.20. The van der Waals surface area contributed by atoms with Gasteiger partial charge in [0, 0.05) is 13.2 Å². The van der Waals surface area contributed by atoms with Gasteiger partial charge >= 0.3 is 0 Å². The van der Waals surface area contributed by atoms with Crippen molar-refractivity contribution in [2.24, 2.45) is 12.9 Å². The van der Waals surface area contributed by atoms with Gasteiger partial charge in [-0.05, 0) is 0 Å². The minimum absolute atomic E-state index is 0.504. The quantitative estimate of drug-likeness (QED) is 0.491. The van der Waals surface area contributed by atoms with Crippen LogP contribution in [0.1, 0.15) is 0 Å². The van der Waals surface area contributed by atoms with Crippen molar-refractivity contribution in [3.63, 3.8) is 0 Å². The lowest BCUT2D eigenvalue weighted by Crippen LogP contribution is -2.09. The summed E-state index contributed by atoms with van der Waals surface area (Å²) in [6.07, 6.45) is 6.68. The summed E-state index contributed by atoms with van der Waals surface area (Å²) in [5, 5.41) is 7.07. The van der Waals surface area contributed by atoms with Crippen molar-refractivity contribution in [1.29, 1.82) is 0 Å². The minimum atomic E-state index is 0.504. The van der Waals surface area contributed by atoms with Crippen LogP contribution in [0.4, 0.5) is 17.3 Å². The lowest BCUT2D eigenvalue weighted by molar-refractivity contribution is 0.768. The van der Waals surface area contributed by atoms with Gasteiger partial charge in [0.25, 0.3) is 0 Å². The number of hydrogen-bond donors (Lipinski definition) is 3. The predicted octanol–water partition coefficient (Wildman–Crippen LogP) is 0.239. The van der Waals surface area contributed by atoms with E-state index in [2.05, 4.69) is 25.8 Å². The summed E-state index contributed by atoms with van der Waals surface area (Å²) in [6, 6.07) is 0. The molecule has 0 aliphatic carbocycles. The van der Waals surface area contributed by atoms with Crippen LogP contribution < -0.4 is 16.6 Å². The third-order valence-electron chi connectivity index (χ3n) is 1.76. The molecule has 0 radical (unpaired) electrons. The standard InChI is InChI=1S/C8H11N7/c1-15-5-6(2-11-15)12-7-3-10-4-8(13-7)14-9/h2-5H,9H2,1H3,(H2,12,13,14). The highest BCUT2D eigenvalue weighted by molar-refractivity contribution is 5.54. The van der Waals surface area contributed by atoms with Gasteiger partial charge in [0.1, 0.15) is 0 Å². The molecule has 4 N–H and O–H groups in total. The van der Waals surface area contributed by atoms with E-state index < -0.39 is 0 Å². The molecule has 2 heterocycles. The number of rotatable bonds is 3. The zero-order valence-corrected chi connectivity index (χ0v) is 8.18. The van der Waals surface area contributed by atoms with Gasteiger partial charge in [-0.25, -0.2) is 10.8 Å². The zero-order valence-electron chi connectivity index (χ0n) is 8.18. The molecule has 15 heavy (non-hydrogen) atoms. The number of nitrogens with two attached hydrogens (primary N) is 1. The lowest BCUT2D eigenvalue weighted by atomic mass is 10.5. The van der Waals surface area contributed by atoms with E-state index in [1.54, 1.807) is 17.1 Å². The van der Waals surface area contributed by atoms with E-state index in [0.717, 1.165) is 5.69 Å². The van der Waals surface area contributed by atoms with Crippen LogP contribution in [0.15, 0.2) is 24.8 Å². The molecule has 7 heteroatoms. The molecular formula is C8H11N7. The summed E-state index contributed by atoms with van der Waals surface area (Å²) in [5.41, 5.74) is 3.27. The van der Waals surface area contributed by atoms with Crippen molar-refractivity contribution in [3.05, 3.63) is 24.8 Å². The molecule has 0 spiro atoms. The first-order chi connectivity index (χ1) is 7.28. The predicted molar refractivity (Wildman–Crippen MR) is 56.3 cm³/mol. The van der Waals surface area contributed by atoms with Crippen LogP contribution in [0, 0.1) is 0 Å². The molecule has 2 rings (SSSR count). The molecule has 0 atom stereocenters. The van der Waals surface area contributed by atoms with Crippen molar-refractivity contribution in [2.45, 2.75) is 0 Å². The van der Waals surface area contributed by atoms with Crippen LogP contribution >= 0.6 is 0 Å². The summed E-state index contributed by atoms with van der Waals surface area (Å²) in [5.74, 6) is 6.33. The second-order valence-corrected chi connectivity index (χ2v) is 2.96. The van der Waals surface area contributed by atoms with Gasteiger partial charge in [-0.15, -0.1) is 0 Å². The number of nitrogen functional groups attached to an aromatic ring is 1. The number of hydrogen-bond acceptors (Lipinski definition) is 6. The molecule has 0 saturated carbocycles. The molecule has 0 fully saturated rings. The highest BCUT2D eigenvalue weighted by Gasteiger charge is 1.99. The molecule has 0 aliphatic heterocycles. The first-order valence-electron chi connectivity index (χ1n) is 4.32. The fourth-order valence-corrected chi connectivity index (χ4v) is 1.13. The monoisotopic (exact) mass is 205 g/mol. The van der Waals surface area contributed by atoms with Gasteiger partial charge in [-0.2, -0.15) is 5.10 Å². The second-order valence-electron chi connectivity index (χ2n) is 2.96. The van der Waals surface area contributed by atoms with Gasteiger partial charge in [0.2, 0.25) is 0 Å². The molecular weight excluding hydrogens is 194 g/mol. The maximum Gasteiger partial charge on any atom is 0.160 e. The Hall–Kier alpha value is -2.15. The number of nitrogens with one attached hydrogen (secondary N) is 2. The summed E-state index contributed by atoms with van der Waals surface area (Å²) >= 11 is 0. The first-order valence-corrected chi connectivity index (χ1v) is 4.32. The highest BCUT2D eigenvalue weighted by atomic mass is 15.3. The van der Waals surface area contributed by atoms with Crippen LogP contribution in [0.3, 0.4) is 0 Å². The van der Waals surface area contributed by atoms with Crippen molar-refractivity contribution >= 4 is 17.3 Å². The van der Waals surface area contributed by atoms with E-state index in [1.165, 1.54) is 6.20 Å². The summed E-state index contributed by atoms with van der Waals surface area (Å²) in [6.45, 7) is 0. The number of anilines is 3. The maximum atomic E-state index is 5.22. The van der Waals surface area contributed by atoms with Crippen molar-refractivity contribution < 1.29 is 0 Å². The Balaban J connectivity index is 2.16. The topological polar surface area (TPSA) is 93.7 Å². The summed E-state index contributed by atoms with van der Waals surface area (Å²) < 4.78 is 1.70. The minimum Gasteiger partial charge on any atom is -0.336 e. The molecule has 78 valence electrons. The molecule has 2 aromatic heterocycles. The molecule has 2 aromatic rings. The summed E-state index contributed by atoms with van der Waals surface area (Å²) in [7, 11) is 1.84. The number of aromatic nitrogens is 4. The smallest absolute Gasteiger partial charge is 0.160 e. The molecule has 0 amide bonds. The Morgan fingerprint density at radius 1 is 1.27 bits per heavy atom. The third-order valence-corrected chi connectivity index (χ3v) is 1.76. The Morgan fingerprint density at radius 3 is 2.73 bits per heavy atom. The van der Waals surface area contributed by atoms with Gasteiger partial charge in [-0.3, -0.25) is 9.67 Å². The average Bonchev–Trinajstić information content (AvgIpc) is 2.64. The van der Waals surface area contributed by atoms with Crippen molar-refractivity contribution in [2.75, 3.05) is 10.7 Å². The van der Waals surface area contributed by atoms with E-state index in [9.17, 15) is 0 Å². The first kappa shape index (κ1) is 9.41. The molecule has 0 saturated heterocycles. The number of hydrazine groups is 1. The Morgan fingerprint density at radius 2 is 2.07 bits per heavy atom. The van der Waals surface area contributed by atoms with E-state index >= 15 is 0 Å². The van der Waals surface area contributed by atoms with Gasteiger partial charge in [0.15, 0.2) is 11.6 Å². The molecule has 0 unspecified atom stereocenters. The normalized spacial score (nSPS) is 10.0. The number of aryl methyl sites for hydroxylation is 1. The van der Waals surface area contributed by atoms with Crippen LogP contribution in [0.2, 0.25) is 0 Å². The van der Waals surface area contributed by atoms with E-state index in [-0.39, 0.29) is 0 Å². The molecule has 7 nitrogen and oxygen atoms in total. The van der Waals surface area contributed by atoms with Crippen molar-refractivity contribution in [1.82, 2.24) is 19.7 Å². The Labute approximate surface area is 86.3 Å². The summed E-state index contributed by atoms with van der Waals surface area (Å²) in [4.78, 5) is 8.11. The Kier molecular flexibility index (Phi) is 2.46. The highest BCUT2D eigenvalue weighted by Crippen LogP contribution is 2.13. The maximum absolute atomic E-state index is 5.22. The SMILES string of the molecule is Cn1cc(Nc2cncc(NN)n2)cn1. The molecule has 0 bridgehead atoms. The second kappa shape index (κ2) is 3.93. The molecule has 0 aliphatic rings. The van der Waals surface area contributed by atoms with Gasteiger partial charge in [0.05, 0.1) is 24.3 Å². The Bertz CT molecular complexity index is 450. The van der Waals surface area contributed by atoms with Crippen LogP contribution in [-0.2, 0) is 7.05 Å². The van der Waals surface area contributed by atoms with E-state index in [1.807, 2.05) is 13.2 Å². The largest absolute Gasteiger partial charge is 0.336 e. The van der Waals surface area contributed by atoms with Gasteiger partial charge in [-0.1, -0.05) is 0 Å². The fourth-order valence-electron chi connectivity index (χ4n) is 1.13. The van der Waals surface area contributed by atoms with E-state index in [4.69, 9.17) is 5.84 Å². The average molecular weight is 205 g/mol. The lowest BCUT2D eigenvalue weighted by Gasteiger charge is -2.03. The van der Waals surface area contributed by atoms with Crippen LogP contribution in [0.25, 0.3) is 0 Å².